The van der Waals surface area contributed by atoms with Crippen LogP contribution >= 0.6 is 0 Å². The SMILES string of the molecule is CCC(C)C(=O)Nc1cc(C)ccc1OC. The first-order valence-electron chi connectivity index (χ1n) is 5.54. The van der Waals surface area contributed by atoms with Gasteiger partial charge in [0.15, 0.2) is 0 Å². The molecule has 1 atom stereocenters. The average molecular weight is 221 g/mol. The van der Waals surface area contributed by atoms with E-state index in [2.05, 4.69) is 5.32 Å². The Bertz CT molecular complexity index is 374. The maximum absolute atomic E-state index is 11.8. The van der Waals surface area contributed by atoms with Gasteiger partial charge in [0.05, 0.1) is 12.8 Å². The van der Waals surface area contributed by atoms with Gasteiger partial charge in [0.2, 0.25) is 5.91 Å². The van der Waals surface area contributed by atoms with Crippen molar-refractivity contribution in [3.05, 3.63) is 23.8 Å². The molecule has 0 fully saturated rings. The van der Waals surface area contributed by atoms with Gasteiger partial charge in [-0.15, -0.1) is 0 Å². The van der Waals surface area contributed by atoms with Crippen LogP contribution in [-0.2, 0) is 4.79 Å². The summed E-state index contributed by atoms with van der Waals surface area (Å²) in [5, 5.41) is 2.89. The minimum atomic E-state index is 0.0187. The Hall–Kier alpha value is -1.51. The third-order valence-electron chi connectivity index (χ3n) is 2.67. The normalized spacial score (nSPS) is 12.0. The topological polar surface area (TPSA) is 38.3 Å². The van der Waals surface area contributed by atoms with Crippen molar-refractivity contribution in [2.24, 2.45) is 5.92 Å². The zero-order valence-electron chi connectivity index (χ0n) is 10.3. The fraction of sp³-hybridized carbons (Fsp3) is 0.462. The molecule has 0 aliphatic rings. The molecule has 1 aromatic rings. The van der Waals surface area contributed by atoms with E-state index >= 15 is 0 Å². The molecule has 0 bridgehead atoms. The average Bonchev–Trinajstić information content (AvgIpc) is 2.28. The molecule has 0 spiro atoms. The molecular weight excluding hydrogens is 202 g/mol. The molecule has 0 heterocycles. The number of carbonyl (C=O) groups excluding carboxylic acids is 1. The first kappa shape index (κ1) is 12.6. The van der Waals surface area contributed by atoms with Gasteiger partial charge in [-0.05, 0) is 31.0 Å². The molecule has 1 N–H and O–H groups in total. The number of ether oxygens (including phenoxy) is 1. The maximum atomic E-state index is 11.8. The highest BCUT2D eigenvalue weighted by atomic mass is 16.5. The predicted octanol–water partition coefficient (Wildman–Crippen LogP) is 2.99. The van der Waals surface area contributed by atoms with Crippen molar-refractivity contribution in [1.82, 2.24) is 0 Å². The summed E-state index contributed by atoms with van der Waals surface area (Å²) in [6, 6.07) is 5.73. The minimum Gasteiger partial charge on any atom is -0.495 e. The second kappa shape index (κ2) is 5.54. The molecule has 0 radical (unpaired) electrons. The molecule has 3 nitrogen and oxygen atoms in total. The summed E-state index contributed by atoms with van der Waals surface area (Å²) in [6.07, 6.45) is 0.833. The van der Waals surface area contributed by atoms with E-state index in [4.69, 9.17) is 4.74 Å². The fourth-order valence-electron chi connectivity index (χ4n) is 1.36. The summed E-state index contributed by atoms with van der Waals surface area (Å²) in [6.45, 7) is 5.90. The van der Waals surface area contributed by atoms with E-state index in [1.54, 1.807) is 7.11 Å². The quantitative estimate of drug-likeness (QED) is 0.848. The summed E-state index contributed by atoms with van der Waals surface area (Å²) in [4.78, 5) is 11.8. The molecule has 3 heteroatoms. The molecule has 0 saturated heterocycles. The van der Waals surface area contributed by atoms with Crippen molar-refractivity contribution >= 4 is 11.6 Å². The summed E-state index contributed by atoms with van der Waals surface area (Å²) in [5.74, 6) is 0.749. The van der Waals surface area contributed by atoms with Gasteiger partial charge in [-0.25, -0.2) is 0 Å². The van der Waals surface area contributed by atoms with E-state index in [-0.39, 0.29) is 11.8 Å². The van der Waals surface area contributed by atoms with Gasteiger partial charge in [0.1, 0.15) is 5.75 Å². The summed E-state index contributed by atoms with van der Waals surface area (Å²) >= 11 is 0. The Labute approximate surface area is 96.8 Å². The minimum absolute atomic E-state index is 0.0187. The van der Waals surface area contributed by atoms with Crippen molar-refractivity contribution in [2.75, 3.05) is 12.4 Å². The second-order valence-corrected chi connectivity index (χ2v) is 4.00. The highest BCUT2D eigenvalue weighted by Gasteiger charge is 2.12. The van der Waals surface area contributed by atoms with Crippen LogP contribution in [-0.4, -0.2) is 13.0 Å². The lowest BCUT2D eigenvalue weighted by molar-refractivity contribution is -0.119. The first-order chi connectivity index (χ1) is 7.58. The summed E-state index contributed by atoms with van der Waals surface area (Å²) in [7, 11) is 1.60. The smallest absolute Gasteiger partial charge is 0.227 e. The zero-order chi connectivity index (χ0) is 12.1. The van der Waals surface area contributed by atoms with Crippen LogP contribution in [0.4, 0.5) is 5.69 Å². The number of hydrogen-bond acceptors (Lipinski definition) is 2. The Morgan fingerprint density at radius 3 is 2.75 bits per heavy atom. The number of rotatable bonds is 4. The lowest BCUT2D eigenvalue weighted by atomic mass is 10.1. The molecule has 1 rings (SSSR count). The highest BCUT2D eigenvalue weighted by molar-refractivity contribution is 5.93. The lowest BCUT2D eigenvalue weighted by Crippen LogP contribution is -2.20. The number of hydrogen-bond donors (Lipinski definition) is 1. The molecule has 88 valence electrons. The van der Waals surface area contributed by atoms with Crippen molar-refractivity contribution in [3.63, 3.8) is 0 Å². The van der Waals surface area contributed by atoms with E-state index in [9.17, 15) is 4.79 Å². The summed E-state index contributed by atoms with van der Waals surface area (Å²) in [5.41, 5.74) is 1.84. The van der Waals surface area contributed by atoms with Gasteiger partial charge in [0, 0.05) is 5.92 Å². The van der Waals surface area contributed by atoms with Gasteiger partial charge in [-0.2, -0.15) is 0 Å². The number of carbonyl (C=O) groups is 1. The molecule has 0 aromatic heterocycles. The van der Waals surface area contributed by atoms with Crippen LogP contribution < -0.4 is 10.1 Å². The molecule has 1 amide bonds. The highest BCUT2D eigenvalue weighted by Crippen LogP contribution is 2.25. The molecule has 0 aliphatic carbocycles. The molecule has 0 aliphatic heterocycles. The van der Waals surface area contributed by atoms with Crippen LogP contribution in [0, 0.1) is 12.8 Å². The fourth-order valence-corrected chi connectivity index (χ4v) is 1.36. The standard InChI is InChI=1S/C13H19NO2/c1-5-10(3)13(15)14-11-8-9(2)6-7-12(11)16-4/h6-8,10H,5H2,1-4H3,(H,14,15). The number of nitrogens with one attached hydrogen (secondary N) is 1. The third-order valence-corrected chi connectivity index (χ3v) is 2.67. The van der Waals surface area contributed by atoms with Crippen LogP contribution in [0.2, 0.25) is 0 Å². The predicted molar refractivity (Wildman–Crippen MR) is 65.8 cm³/mol. The van der Waals surface area contributed by atoms with E-state index in [0.29, 0.717) is 5.75 Å². The van der Waals surface area contributed by atoms with Crippen LogP contribution in [0.5, 0.6) is 5.75 Å². The van der Waals surface area contributed by atoms with Gasteiger partial charge < -0.3 is 10.1 Å². The Kier molecular flexibility index (Phi) is 4.35. The Morgan fingerprint density at radius 1 is 1.50 bits per heavy atom. The first-order valence-corrected chi connectivity index (χ1v) is 5.54. The van der Waals surface area contributed by atoms with Crippen molar-refractivity contribution < 1.29 is 9.53 Å². The Balaban J connectivity index is 2.87. The monoisotopic (exact) mass is 221 g/mol. The van der Waals surface area contributed by atoms with Crippen molar-refractivity contribution in [2.45, 2.75) is 27.2 Å². The number of aryl methyl sites for hydroxylation is 1. The van der Waals surface area contributed by atoms with E-state index < -0.39 is 0 Å². The van der Waals surface area contributed by atoms with Crippen molar-refractivity contribution in [1.29, 1.82) is 0 Å². The van der Waals surface area contributed by atoms with Gasteiger partial charge in [-0.3, -0.25) is 4.79 Å². The molecule has 0 saturated carbocycles. The Morgan fingerprint density at radius 2 is 2.19 bits per heavy atom. The van der Waals surface area contributed by atoms with Gasteiger partial charge >= 0.3 is 0 Å². The van der Waals surface area contributed by atoms with Crippen LogP contribution in [0.1, 0.15) is 25.8 Å². The number of amides is 1. The second-order valence-electron chi connectivity index (χ2n) is 4.00. The number of methoxy groups -OCH3 is 1. The molecular formula is C13H19NO2. The van der Waals surface area contributed by atoms with Crippen LogP contribution in [0.15, 0.2) is 18.2 Å². The van der Waals surface area contributed by atoms with E-state index in [0.717, 1.165) is 17.7 Å². The maximum Gasteiger partial charge on any atom is 0.227 e. The number of anilines is 1. The number of benzene rings is 1. The molecule has 1 unspecified atom stereocenters. The summed E-state index contributed by atoms with van der Waals surface area (Å²) < 4.78 is 5.20. The van der Waals surface area contributed by atoms with Gasteiger partial charge in [0.25, 0.3) is 0 Å². The van der Waals surface area contributed by atoms with Gasteiger partial charge in [-0.1, -0.05) is 19.9 Å². The molecule has 16 heavy (non-hydrogen) atoms. The molecule has 1 aromatic carbocycles. The van der Waals surface area contributed by atoms with Crippen LogP contribution in [0.3, 0.4) is 0 Å². The zero-order valence-corrected chi connectivity index (χ0v) is 10.3. The van der Waals surface area contributed by atoms with Crippen molar-refractivity contribution in [3.8, 4) is 5.75 Å². The van der Waals surface area contributed by atoms with E-state index in [1.165, 1.54) is 0 Å². The van der Waals surface area contributed by atoms with Crippen LogP contribution in [0.25, 0.3) is 0 Å². The largest absolute Gasteiger partial charge is 0.495 e. The van der Waals surface area contributed by atoms with E-state index in [1.807, 2.05) is 39.0 Å². The lowest BCUT2D eigenvalue weighted by Gasteiger charge is -2.13. The third kappa shape index (κ3) is 2.99.